The maximum absolute atomic E-state index is 6.05. The summed E-state index contributed by atoms with van der Waals surface area (Å²) in [6, 6.07) is 14.2. The minimum Gasteiger partial charge on any atom is -0.485 e. The first-order valence-electron chi connectivity index (χ1n) is 7.08. The van der Waals surface area contributed by atoms with Gasteiger partial charge in [0.25, 0.3) is 0 Å². The van der Waals surface area contributed by atoms with Crippen LogP contribution < -0.4 is 19.5 Å². The fourth-order valence-corrected chi connectivity index (χ4v) is 2.93. The molecule has 4 nitrogen and oxygen atoms in total. The van der Waals surface area contributed by atoms with Crippen LogP contribution in [-0.4, -0.2) is 12.4 Å². The first-order chi connectivity index (χ1) is 10.1. The summed E-state index contributed by atoms with van der Waals surface area (Å²) in [6.45, 7) is 4.48. The Labute approximate surface area is 123 Å². The number of hydrogen-bond donors (Lipinski definition) is 1. The summed E-state index contributed by atoms with van der Waals surface area (Å²) in [5.74, 6) is 2.52. The molecule has 0 saturated heterocycles. The molecule has 1 N–H and O–H groups in total. The van der Waals surface area contributed by atoms with Gasteiger partial charge in [-0.2, -0.15) is 0 Å². The van der Waals surface area contributed by atoms with Crippen molar-refractivity contribution < 1.29 is 14.2 Å². The van der Waals surface area contributed by atoms with Crippen LogP contribution in [0.25, 0.3) is 0 Å². The van der Waals surface area contributed by atoms with Gasteiger partial charge in [0.2, 0.25) is 6.79 Å². The molecule has 0 aromatic heterocycles. The highest BCUT2D eigenvalue weighted by atomic mass is 16.7. The monoisotopic (exact) mass is 283 g/mol. The first kappa shape index (κ1) is 12.4. The minimum absolute atomic E-state index is 0.0917. The number of nitrogens with one attached hydrogen (secondary N) is 1. The quantitative estimate of drug-likeness (QED) is 0.911. The van der Waals surface area contributed by atoms with Gasteiger partial charge in [-0.25, -0.2) is 0 Å². The SMILES string of the molecule is CC1(C)Oc2ccccc2C1Nc1ccc2c(c1)OCO2. The third-order valence-corrected chi connectivity index (χ3v) is 3.98. The van der Waals surface area contributed by atoms with Crippen LogP contribution in [-0.2, 0) is 0 Å². The highest BCUT2D eigenvalue weighted by Crippen LogP contribution is 2.45. The van der Waals surface area contributed by atoms with E-state index in [-0.39, 0.29) is 11.6 Å². The number of hydrogen-bond acceptors (Lipinski definition) is 4. The van der Waals surface area contributed by atoms with Gasteiger partial charge in [-0.3, -0.25) is 0 Å². The molecule has 4 rings (SSSR count). The van der Waals surface area contributed by atoms with Crippen LogP contribution >= 0.6 is 0 Å². The molecule has 1 unspecified atom stereocenters. The Balaban J connectivity index is 1.67. The summed E-state index contributed by atoms with van der Waals surface area (Å²) < 4.78 is 16.8. The van der Waals surface area contributed by atoms with E-state index in [1.54, 1.807) is 0 Å². The maximum atomic E-state index is 6.05. The number of anilines is 1. The summed E-state index contributed by atoms with van der Waals surface area (Å²) in [7, 11) is 0. The number of ether oxygens (including phenoxy) is 3. The molecular formula is C17H17NO3. The predicted octanol–water partition coefficient (Wildman–Crippen LogP) is 3.74. The van der Waals surface area contributed by atoms with Crippen LogP contribution in [0.1, 0.15) is 25.5 Å². The van der Waals surface area contributed by atoms with E-state index >= 15 is 0 Å². The summed E-state index contributed by atoms with van der Waals surface area (Å²) in [5.41, 5.74) is 1.87. The van der Waals surface area contributed by atoms with Crippen molar-refractivity contribution in [3.05, 3.63) is 48.0 Å². The van der Waals surface area contributed by atoms with Crippen molar-refractivity contribution in [1.29, 1.82) is 0 Å². The van der Waals surface area contributed by atoms with Gasteiger partial charge in [-0.15, -0.1) is 0 Å². The van der Waals surface area contributed by atoms with Crippen LogP contribution in [0.5, 0.6) is 17.2 Å². The first-order valence-corrected chi connectivity index (χ1v) is 7.08. The number of fused-ring (bicyclic) bond motifs is 2. The van der Waals surface area contributed by atoms with E-state index in [1.807, 2.05) is 36.4 Å². The van der Waals surface area contributed by atoms with Crippen molar-refractivity contribution in [2.45, 2.75) is 25.5 Å². The lowest BCUT2D eigenvalue weighted by Gasteiger charge is -2.28. The zero-order chi connectivity index (χ0) is 14.4. The standard InChI is InChI=1S/C17H17NO3/c1-17(2)16(12-5-3-4-6-13(12)21-17)18-11-7-8-14-15(9-11)20-10-19-14/h3-9,16,18H,10H2,1-2H3. The van der Waals surface area contributed by atoms with Crippen LogP contribution in [0.15, 0.2) is 42.5 Å². The summed E-state index contributed by atoms with van der Waals surface area (Å²) in [6.07, 6.45) is 0. The number of para-hydroxylation sites is 1. The lowest BCUT2D eigenvalue weighted by Crippen LogP contribution is -2.34. The Morgan fingerprint density at radius 3 is 2.71 bits per heavy atom. The van der Waals surface area contributed by atoms with Crippen LogP contribution in [0.2, 0.25) is 0 Å². The van der Waals surface area contributed by atoms with E-state index in [9.17, 15) is 0 Å². The van der Waals surface area contributed by atoms with Crippen molar-refractivity contribution >= 4 is 5.69 Å². The summed E-state index contributed by atoms with van der Waals surface area (Å²) >= 11 is 0. The van der Waals surface area contributed by atoms with E-state index in [1.165, 1.54) is 5.56 Å². The van der Waals surface area contributed by atoms with Gasteiger partial charge in [0.1, 0.15) is 11.4 Å². The third kappa shape index (κ3) is 1.98. The van der Waals surface area contributed by atoms with Crippen molar-refractivity contribution in [1.82, 2.24) is 0 Å². The molecule has 0 amide bonds. The second-order valence-electron chi connectivity index (χ2n) is 5.89. The molecule has 0 saturated carbocycles. The van der Waals surface area contributed by atoms with E-state index in [2.05, 4.69) is 25.2 Å². The Morgan fingerprint density at radius 1 is 1.00 bits per heavy atom. The van der Waals surface area contributed by atoms with Gasteiger partial charge >= 0.3 is 0 Å². The molecule has 2 aromatic rings. The van der Waals surface area contributed by atoms with Crippen molar-refractivity contribution in [2.24, 2.45) is 0 Å². The summed E-state index contributed by atoms with van der Waals surface area (Å²) in [5, 5.41) is 3.56. The van der Waals surface area contributed by atoms with Crippen molar-refractivity contribution in [3.63, 3.8) is 0 Å². The molecule has 0 radical (unpaired) electrons. The topological polar surface area (TPSA) is 39.7 Å². The summed E-state index contributed by atoms with van der Waals surface area (Å²) in [4.78, 5) is 0. The van der Waals surface area contributed by atoms with Crippen molar-refractivity contribution in [2.75, 3.05) is 12.1 Å². The van der Waals surface area contributed by atoms with Gasteiger partial charge in [-0.1, -0.05) is 18.2 Å². The molecule has 0 fully saturated rings. The molecule has 2 heterocycles. The minimum atomic E-state index is -0.305. The normalized spacial score (nSPS) is 20.8. The molecule has 0 spiro atoms. The molecule has 21 heavy (non-hydrogen) atoms. The maximum Gasteiger partial charge on any atom is 0.231 e. The van der Waals surface area contributed by atoms with Gasteiger partial charge in [0.05, 0.1) is 6.04 Å². The Hall–Kier alpha value is -2.36. The Morgan fingerprint density at radius 2 is 1.81 bits per heavy atom. The number of benzene rings is 2. The second-order valence-corrected chi connectivity index (χ2v) is 5.89. The molecule has 4 heteroatoms. The molecule has 2 aromatic carbocycles. The highest BCUT2D eigenvalue weighted by molar-refractivity contribution is 5.58. The molecule has 2 aliphatic heterocycles. The second kappa shape index (κ2) is 4.32. The average Bonchev–Trinajstić information content (AvgIpc) is 3.01. The van der Waals surface area contributed by atoms with Gasteiger partial charge in [0.15, 0.2) is 11.5 Å². The zero-order valence-electron chi connectivity index (χ0n) is 12.1. The van der Waals surface area contributed by atoms with E-state index in [0.717, 1.165) is 22.9 Å². The Bertz CT molecular complexity index is 696. The van der Waals surface area contributed by atoms with Gasteiger partial charge < -0.3 is 19.5 Å². The van der Waals surface area contributed by atoms with Crippen molar-refractivity contribution in [3.8, 4) is 17.2 Å². The Kier molecular flexibility index (Phi) is 2.55. The predicted molar refractivity (Wildman–Crippen MR) is 80.1 cm³/mol. The third-order valence-electron chi connectivity index (χ3n) is 3.98. The molecule has 0 bridgehead atoms. The van der Waals surface area contributed by atoms with E-state index < -0.39 is 0 Å². The number of rotatable bonds is 2. The van der Waals surface area contributed by atoms with Gasteiger partial charge in [-0.05, 0) is 32.0 Å². The largest absolute Gasteiger partial charge is 0.485 e. The zero-order valence-corrected chi connectivity index (χ0v) is 12.1. The fourth-order valence-electron chi connectivity index (χ4n) is 2.93. The van der Waals surface area contributed by atoms with Crippen LogP contribution in [0.3, 0.4) is 0 Å². The van der Waals surface area contributed by atoms with Crippen LogP contribution in [0.4, 0.5) is 5.69 Å². The van der Waals surface area contributed by atoms with Gasteiger partial charge in [0, 0.05) is 17.3 Å². The molecule has 108 valence electrons. The fraction of sp³-hybridized carbons (Fsp3) is 0.294. The smallest absolute Gasteiger partial charge is 0.231 e. The van der Waals surface area contributed by atoms with E-state index in [0.29, 0.717) is 6.79 Å². The lowest BCUT2D eigenvalue weighted by atomic mass is 9.94. The molecule has 2 aliphatic rings. The highest BCUT2D eigenvalue weighted by Gasteiger charge is 2.41. The molecule has 0 aliphatic carbocycles. The average molecular weight is 283 g/mol. The van der Waals surface area contributed by atoms with Crippen LogP contribution in [0, 0.1) is 0 Å². The lowest BCUT2D eigenvalue weighted by molar-refractivity contribution is 0.118. The van der Waals surface area contributed by atoms with E-state index in [4.69, 9.17) is 14.2 Å². The molecular weight excluding hydrogens is 266 g/mol. The molecule has 1 atom stereocenters.